The van der Waals surface area contributed by atoms with E-state index in [-0.39, 0.29) is 17.7 Å². The third kappa shape index (κ3) is 2.37. The van der Waals surface area contributed by atoms with Crippen molar-refractivity contribution in [2.45, 2.75) is 13.0 Å². The first-order valence-corrected chi connectivity index (χ1v) is 4.55. The molecule has 0 atom stereocenters. The molecule has 7 heteroatoms. The van der Waals surface area contributed by atoms with Crippen LogP contribution in [0.4, 0.5) is 8.78 Å². The van der Waals surface area contributed by atoms with Gasteiger partial charge in [0.05, 0.1) is 12.7 Å². The largest absolute Gasteiger partial charge is 0.465 e. The van der Waals surface area contributed by atoms with Crippen LogP contribution in [0.5, 0.6) is 0 Å². The van der Waals surface area contributed by atoms with Gasteiger partial charge >= 0.3 is 5.97 Å². The Morgan fingerprint density at radius 1 is 1.71 bits per heavy atom. The molecular weight excluding hydrogens is 232 g/mol. The molecule has 0 aliphatic carbocycles. The smallest absolute Gasteiger partial charge is 0.341 e. The molecule has 5 nitrogen and oxygen atoms in total. The number of hydrogen-bond donors (Lipinski definition) is 1. The van der Waals surface area contributed by atoms with Gasteiger partial charge in [-0.3, -0.25) is 4.98 Å². The lowest BCUT2D eigenvalue weighted by Crippen LogP contribution is -2.14. The molecule has 0 aliphatic rings. The molecule has 0 spiro atoms. The number of carbonyl (C=O) groups excluding carboxylic acids is 1. The van der Waals surface area contributed by atoms with E-state index in [9.17, 15) is 13.6 Å². The highest BCUT2D eigenvalue weighted by Crippen LogP contribution is 2.25. The summed E-state index contributed by atoms with van der Waals surface area (Å²) < 4.78 is 29.7. The van der Waals surface area contributed by atoms with E-state index in [1.807, 2.05) is 0 Å². The molecule has 90 valence electrons. The molecule has 0 amide bonds. The van der Waals surface area contributed by atoms with E-state index in [0.29, 0.717) is 0 Å². The maximum Gasteiger partial charge on any atom is 0.341 e. The zero-order chi connectivity index (χ0) is 13.0. The Bertz CT molecular complexity index is 483. The number of nitriles is 1. The fraction of sp³-hybridized carbons (Fsp3) is 0.300. The molecule has 2 N–H and O–H groups in total. The predicted octanol–water partition coefficient (Wildman–Crippen LogP) is 1.14. The molecule has 0 aromatic carbocycles. The summed E-state index contributed by atoms with van der Waals surface area (Å²) in [7, 11) is 1.04. The zero-order valence-electron chi connectivity index (χ0n) is 8.91. The molecular formula is C10H9F2N3O2. The summed E-state index contributed by atoms with van der Waals surface area (Å²) in [5.74, 6) is -1.03. The molecule has 1 heterocycles. The Labute approximate surface area is 95.8 Å². The second kappa shape index (κ2) is 5.32. The summed E-state index contributed by atoms with van der Waals surface area (Å²) >= 11 is 0. The van der Waals surface area contributed by atoms with Crippen molar-refractivity contribution in [1.29, 1.82) is 5.26 Å². The topological polar surface area (TPSA) is 89.0 Å². The van der Waals surface area contributed by atoms with E-state index in [1.54, 1.807) is 6.07 Å². The standard InChI is InChI=1S/C10H9F2N3O2/c1-17-10(16)7-6(3-14)5(2-13)4-15-8(7)9(11)12/h4,9H,2,13H2,1H3. The Kier molecular flexibility index (Phi) is 4.06. The van der Waals surface area contributed by atoms with Gasteiger partial charge in [-0.25, -0.2) is 13.6 Å². The zero-order valence-corrected chi connectivity index (χ0v) is 8.91. The highest BCUT2D eigenvalue weighted by Gasteiger charge is 2.26. The van der Waals surface area contributed by atoms with E-state index < -0.39 is 23.7 Å². The molecule has 17 heavy (non-hydrogen) atoms. The van der Waals surface area contributed by atoms with Gasteiger partial charge in [-0.1, -0.05) is 0 Å². The van der Waals surface area contributed by atoms with Crippen LogP contribution in [-0.2, 0) is 11.3 Å². The van der Waals surface area contributed by atoms with E-state index in [1.165, 1.54) is 0 Å². The van der Waals surface area contributed by atoms with Crippen molar-refractivity contribution in [1.82, 2.24) is 4.98 Å². The molecule has 0 bridgehead atoms. The van der Waals surface area contributed by atoms with Gasteiger partial charge in [0, 0.05) is 18.3 Å². The van der Waals surface area contributed by atoms with Crippen LogP contribution in [0.15, 0.2) is 6.20 Å². The Balaban J connectivity index is 3.57. The van der Waals surface area contributed by atoms with Crippen molar-refractivity contribution >= 4 is 5.97 Å². The lowest BCUT2D eigenvalue weighted by molar-refractivity contribution is 0.0586. The second-order valence-corrected chi connectivity index (χ2v) is 3.03. The maximum atomic E-state index is 12.7. The number of halogens is 2. The summed E-state index contributed by atoms with van der Waals surface area (Å²) in [5, 5.41) is 8.90. The van der Waals surface area contributed by atoms with Crippen LogP contribution >= 0.6 is 0 Å². The first-order chi connectivity index (χ1) is 8.06. The van der Waals surface area contributed by atoms with Gasteiger partial charge in [0.25, 0.3) is 6.43 Å². The number of nitrogens with two attached hydrogens (primary N) is 1. The number of pyridine rings is 1. The van der Waals surface area contributed by atoms with E-state index in [4.69, 9.17) is 11.0 Å². The average Bonchev–Trinajstić information content (AvgIpc) is 2.35. The van der Waals surface area contributed by atoms with Crippen molar-refractivity contribution in [3.8, 4) is 6.07 Å². The number of alkyl halides is 2. The van der Waals surface area contributed by atoms with Gasteiger partial charge in [0.15, 0.2) is 0 Å². The first kappa shape index (κ1) is 13.0. The lowest BCUT2D eigenvalue weighted by Gasteiger charge is -2.10. The summed E-state index contributed by atoms with van der Waals surface area (Å²) in [6.45, 7) is -0.0800. The SMILES string of the molecule is COC(=O)c1c(C(F)F)ncc(CN)c1C#N. The van der Waals surface area contributed by atoms with Crippen LogP contribution in [0, 0.1) is 11.3 Å². The number of nitrogens with zero attached hydrogens (tertiary/aromatic N) is 2. The Morgan fingerprint density at radius 3 is 2.76 bits per heavy atom. The molecule has 0 radical (unpaired) electrons. The van der Waals surface area contributed by atoms with Gasteiger partial charge in [-0.05, 0) is 0 Å². The summed E-state index contributed by atoms with van der Waals surface area (Å²) in [6, 6.07) is 1.67. The minimum absolute atomic E-state index is 0.0800. The number of aromatic nitrogens is 1. The third-order valence-corrected chi connectivity index (χ3v) is 2.11. The van der Waals surface area contributed by atoms with E-state index in [0.717, 1.165) is 13.3 Å². The number of rotatable bonds is 3. The van der Waals surface area contributed by atoms with Crippen molar-refractivity contribution in [3.05, 3.63) is 28.6 Å². The Morgan fingerprint density at radius 2 is 2.35 bits per heavy atom. The monoisotopic (exact) mass is 241 g/mol. The molecule has 1 rings (SSSR count). The Hall–Kier alpha value is -2.07. The van der Waals surface area contributed by atoms with Crippen LogP contribution in [0.1, 0.15) is 33.6 Å². The summed E-state index contributed by atoms with van der Waals surface area (Å²) in [5.41, 5.74) is 4.04. The number of hydrogen-bond acceptors (Lipinski definition) is 5. The molecule has 0 unspecified atom stereocenters. The van der Waals surface area contributed by atoms with Crippen molar-refractivity contribution in [2.75, 3.05) is 7.11 Å². The lowest BCUT2D eigenvalue weighted by atomic mass is 10.0. The highest BCUT2D eigenvalue weighted by molar-refractivity contribution is 5.93. The number of methoxy groups -OCH3 is 1. The van der Waals surface area contributed by atoms with Gasteiger partial charge in [0.1, 0.15) is 17.3 Å². The quantitative estimate of drug-likeness (QED) is 0.801. The normalized spacial score (nSPS) is 10.1. The number of carbonyl (C=O) groups is 1. The van der Waals surface area contributed by atoms with Crippen LogP contribution in [0.25, 0.3) is 0 Å². The second-order valence-electron chi connectivity index (χ2n) is 3.03. The fourth-order valence-electron chi connectivity index (χ4n) is 1.32. The van der Waals surface area contributed by atoms with E-state index in [2.05, 4.69) is 9.72 Å². The van der Waals surface area contributed by atoms with Crippen LogP contribution in [0.2, 0.25) is 0 Å². The highest BCUT2D eigenvalue weighted by atomic mass is 19.3. The first-order valence-electron chi connectivity index (χ1n) is 4.55. The molecule has 0 saturated carbocycles. The number of ether oxygens (including phenoxy) is 1. The molecule has 1 aromatic rings. The van der Waals surface area contributed by atoms with Crippen molar-refractivity contribution in [3.63, 3.8) is 0 Å². The number of esters is 1. The minimum Gasteiger partial charge on any atom is -0.465 e. The van der Waals surface area contributed by atoms with Gasteiger partial charge in [-0.15, -0.1) is 0 Å². The van der Waals surface area contributed by atoms with E-state index >= 15 is 0 Å². The fourth-order valence-corrected chi connectivity index (χ4v) is 1.32. The van der Waals surface area contributed by atoms with Crippen molar-refractivity contribution < 1.29 is 18.3 Å². The molecule has 0 fully saturated rings. The summed E-state index contributed by atoms with van der Waals surface area (Å²) in [6.07, 6.45) is -1.91. The maximum absolute atomic E-state index is 12.7. The molecule has 1 aromatic heterocycles. The molecule has 0 aliphatic heterocycles. The van der Waals surface area contributed by atoms with Gasteiger partial charge in [0.2, 0.25) is 0 Å². The van der Waals surface area contributed by atoms with Crippen molar-refractivity contribution in [2.24, 2.45) is 5.73 Å². The van der Waals surface area contributed by atoms with Crippen LogP contribution < -0.4 is 5.73 Å². The molecule has 0 saturated heterocycles. The average molecular weight is 241 g/mol. The van der Waals surface area contributed by atoms with Crippen LogP contribution in [-0.4, -0.2) is 18.1 Å². The minimum atomic E-state index is -2.97. The predicted molar refractivity (Wildman–Crippen MR) is 53.1 cm³/mol. The summed E-state index contributed by atoms with van der Waals surface area (Å²) in [4.78, 5) is 14.8. The van der Waals surface area contributed by atoms with Crippen LogP contribution in [0.3, 0.4) is 0 Å². The third-order valence-electron chi connectivity index (χ3n) is 2.11. The van der Waals surface area contributed by atoms with Gasteiger partial charge < -0.3 is 10.5 Å². The van der Waals surface area contributed by atoms with Gasteiger partial charge in [-0.2, -0.15) is 5.26 Å².